The Morgan fingerprint density at radius 3 is 2.50 bits per heavy atom. The topological polar surface area (TPSA) is 131 Å². The molecule has 0 spiro atoms. The number of aliphatic hydroxyl groups excluding tert-OH is 3. The van der Waals surface area contributed by atoms with Crippen LogP contribution < -0.4 is 5.73 Å². The molecule has 0 radical (unpaired) electrons. The zero-order valence-electron chi connectivity index (χ0n) is 10.2. The number of esters is 1. The lowest BCUT2D eigenvalue weighted by Crippen LogP contribution is -2.60. The molecule has 1 aliphatic heterocycles. The Kier molecular flexibility index (Phi) is 5.45. The molecule has 0 bridgehead atoms. The minimum Gasteiger partial charge on any atom is -0.453 e. The van der Waals surface area contributed by atoms with Crippen molar-refractivity contribution in [3.8, 4) is 0 Å². The van der Waals surface area contributed by atoms with Crippen LogP contribution in [0.1, 0.15) is 6.92 Å². The van der Waals surface area contributed by atoms with Crippen molar-refractivity contribution in [2.75, 3.05) is 13.7 Å². The van der Waals surface area contributed by atoms with Gasteiger partial charge in [-0.2, -0.15) is 0 Å². The third-order valence-electron chi connectivity index (χ3n) is 2.68. The molecule has 8 heteroatoms. The van der Waals surface area contributed by atoms with E-state index in [1.54, 1.807) is 0 Å². The summed E-state index contributed by atoms with van der Waals surface area (Å²) in [6.45, 7) is 0.930. The Labute approximate surface area is 104 Å². The van der Waals surface area contributed by atoms with Gasteiger partial charge in [0.05, 0.1) is 6.61 Å². The van der Waals surface area contributed by atoms with E-state index in [2.05, 4.69) is 0 Å². The Hall–Kier alpha value is -0.770. The first kappa shape index (κ1) is 15.3. The average Bonchev–Trinajstić information content (AvgIpc) is 2.35. The third-order valence-corrected chi connectivity index (χ3v) is 2.68. The molecule has 0 amide bonds. The van der Waals surface area contributed by atoms with Crippen LogP contribution in [0.3, 0.4) is 0 Å². The lowest BCUT2D eigenvalue weighted by Gasteiger charge is -2.40. The molecular weight excluding hydrogens is 246 g/mol. The van der Waals surface area contributed by atoms with Gasteiger partial charge in [-0.25, -0.2) is 0 Å². The fourth-order valence-corrected chi connectivity index (χ4v) is 1.61. The lowest BCUT2D eigenvalue weighted by atomic mass is 9.99. The molecule has 0 aliphatic carbocycles. The van der Waals surface area contributed by atoms with Crippen molar-refractivity contribution in [2.45, 2.75) is 43.7 Å². The summed E-state index contributed by atoms with van der Waals surface area (Å²) in [6.07, 6.45) is -6.10. The molecule has 0 aromatic rings. The van der Waals surface area contributed by atoms with Gasteiger partial charge >= 0.3 is 5.97 Å². The molecule has 8 nitrogen and oxygen atoms in total. The molecule has 1 saturated heterocycles. The smallest absolute Gasteiger partial charge is 0.323 e. The first-order chi connectivity index (χ1) is 8.42. The quantitative estimate of drug-likeness (QED) is 0.405. The number of carbonyl (C=O) groups excluding carboxylic acids is 1. The van der Waals surface area contributed by atoms with Crippen LogP contribution in [0.15, 0.2) is 0 Å². The van der Waals surface area contributed by atoms with Gasteiger partial charge in [-0.3, -0.25) is 4.79 Å². The fraction of sp³-hybridized carbons (Fsp3) is 0.900. The van der Waals surface area contributed by atoms with Crippen LogP contribution in [-0.2, 0) is 19.0 Å². The van der Waals surface area contributed by atoms with Crippen LogP contribution >= 0.6 is 0 Å². The summed E-state index contributed by atoms with van der Waals surface area (Å²) in [7, 11) is 1.29. The third kappa shape index (κ3) is 3.16. The van der Waals surface area contributed by atoms with Gasteiger partial charge in [-0.15, -0.1) is 0 Å². The highest BCUT2D eigenvalue weighted by Crippen LogP contribution is 2.24. The Morgan fingerprint density at radius 1 is 1.44 bits per heavy atom. The van der Waals surface area contributed by atoms with Gasteiger partial charge in [-0.1, -0.05) is 0 Å². The summed E-state index contributed by atoms with van der Waals surface area (Å²) < 4.78 is 15.0. The van der Waals surface area contributed by atoms with Gasteiger partial charge in [0.25, 0.3) is 0 Å². The average molecular weight is 265 g/mol. The molecule has 0 aromatic carbocycles. The van der Waals surface area contributed by atoms with Gasteiger partial charge in [0.1, 0.15) is 24.4 Å². The number of aliphatic hydroxyl groups is 3. The number of hydrogen-bond donors (Lipinski definition) is 4. The molecular formula is C10H19NO7. The molecule has 1 rings (SSSR count). The second kappa shape index (κ2) is 6.41. The molecule has 18 heavy (non-hydrogen) atoms. The van der Waals surface area contributed by atoms with E-state index >= 15 is 0 Å². The van der Waals surface area contributed by atoms with Gasteiger partial charge in [-0.05, 0) is 6.92 Å². The molecule has 106 valence electrons. The summed E-state index contributed by atoms with van der Waals surface area (Å²) in [5.74, 6) is -0.751. The molecule has 6 atom stereocenters. The highest BCUT2D eigenvalue weighted by atomic mass is 16.7. The molecule has 0 aromatic heterocycles. The van der Waals surface area contributed by atoms with Gasteiger partial charge in [0.2, 0.25) is 0 Å². The maximum Gasteiger partial charge on any atom is 0.323 e. The van der Waals surface area contributed by atoms with Crippen LogP contribution in [0.25, 0.3) is 0 Å². The minimum atomic E-state index is -1.43. The summed E-state index contributed by atoms with van der Waals surface area (Å²) in [5, 5.41) is 28.5. The highest BCUT2D eigenvalue weighted by molar-refractivity contribution is 5.75. The van der Waals surface area contributed by atoms with Crippen LogP contribution in [-0.4, -0.2) is 71.8 Å². The summed E-state index contributed by atoms with van der Waals surface area (Å²) >= 11 is 0. The number of hydrogen-bond acceptors (Lipinski definition) is 8. The van der Waals surface area contributed by atoms with Crippen molar-refractivity contribution in [2.24, 2.45) is 5.73 Å². The zero-order valence-corrected chi connectivity index (χ0v) is 10.2. The number of carbonyl (C=O) groups is 1. The predicted octanol–water partition coefficient (Wildman–Crippen LogP) is -2.67. The minimum absolute atomic E-state index is 0.494. The van der Waals surface area contributed by atoms with E-state index in [0.717, 1.165) is 0 Å². The first-order valence-electron chi connectivity index (χ1n) is 5.53. The van der Waals surface area contributed by atoms with Gasteiger partial charge in [0.15, 0.2) is 12.4 Å². The van der Waals surface area contributed by atoms with Crippen molar-refractivity contribution in [3.63, 3.8) is 0 Å². The van der Waals surface area contributed by atoms with Crippen molar-refractivity contribution in [1.82, 2.24) is 0 Å². The Bertz CT molecular complexity index is 283. The summed E-state index contributed by atoms with van der Waals surface area (Å²) in [4.78, 5) is 11.4. The maximum atomic E-state index is 11.4. The van der Waals surface area contributed by atoms with Crippen molar-refractivity contribution in [1.29, 1.82) is 0 Å². The molecule has 1 heterocycles. The largest absolute Gasteiger partial charge is 0.453 e. The van der Waals surface area contributed by atoms with Crippen molar-refractivity contribution >= 4 is 5.97 Å². The Morgan fingerprint density at radius 2 is 2.06 bits per heavy atom. The molecule has 1 fully saturated rings. The van der Waals surface area contributed by atoms with Gasteiger partial charge < -0.3 is 35.3 Å². The fourth-order valence-electron chi connectivity index (χ4n) is 1.61. The predicted molar refractivity (Wildman–Crippen MR) is 58.3 cm³/mol. The molecule has 0 saturated carbocycles. The number of rotatable bonds is 4. The number of methoxy groups -OCH3 is 1. The summed E-state index contributed by atoms with van der Waals surface area (Å²) in [6, 6.07) is -0.873. The first-order valence-corrected chi connectivity index (χ1v) is 5.53. The standard InChI is InChI=1S/C10H19NO7/c1-4(11)9(15)18-8-7(14)6(13)5(3-12)17-10(8)16-2/h4-8,10,12-14H,3,11H2,1-2H3/t4-,5+,6+,7-,8+,10-/m0/s1. The van der Waals surface area contributed by atoms with Crippen LogP contribution in [0.2, 0.25) is 0 Å². The Balaban J connectivity index is 2.78. The second-order valence-corrected chi connectivity index (χ2v) is 4.13. The van der Waals surface area contributed by atoms with Crippen molar-refractivity contribution in [3.05, 3.63) is 0 Å². The van der Waals surface area contributed by atoms with Crippen molar-refractivity contribution < 1.29 is 34.3 Å². The van der Waals surface area contributed by atoms with E-state index in [9.17, 15) is 15.0 Å². The van der Waals surface area contributed by atoms with E-state index in [1.807, 2.05) is 0 Å². The zero-order chi connectivity index (χ0) is 13.9. The summed E-state index contributed by atoms with van der Waals surface area (Å²) in [5.41, 5.74) is 5.33. The second-order valence-electron chi connectivity index (χ2n) is 4.13. The van der Waals surface area contributed by atoms with Crippen LogP contribution in [0, 0.1) is 0 Å². The highest BCUT2D eigenvalue weighted by Gasteiger charge is 2.46. The van der Waals surface area contributed by atoms with E-state index in [1.165, 1.54) is 14.0 Å². The number of nitrogens with two attached hydrogens (primary N) is 1. The van der Waals surface area contributed by atoms with E-state index in [4.69, 9.17) is 25.1 Å². The molecule has 1 aliphatic rings. The lowest BCUT2D eigenvalue weighted by molar-refractivity contribution is -0.298. The van der Waals surface area contributed by atoms with Crippen LogP contribution in [0.5, 0.6) is 0 Å². The SMILES string of the molecule is CO[C@H]1O[C@H](CO)[C@@H](O)[C@H](O)[C@H]1OC(=O)[C@H](C)N. The number of ether oxygens (including phenoxy) is 3. The molecule has 5 N–H and O–H groups in total. The monoisotopic (exact) mass is 265 g/mol. The van der Waals surface area contributed by atoms with E-state index in [-0.39, 0.29) is 0 Å². The van der Waals surface area contributed by atoms with E-state index in [0.29, 0.717) is 0 Å². The molecule has 0 unspecified atom stereocenters. The van der Waals surface area contributed by atoms with Gasteiger partial charge in [0, 0.05) is 7.11 Å². The van der Waals surface area contributed by atoms with E-state index < -0.39 is 49.3 Å². The van der Waals surface area contributed by atoms with Crippen LogP contribution in [0.4, 0.5) is 0 Å². The normalized spacial score (nSPS) is 38.2. The maximum absolute atomic E-state index is 11.4.